The molecule has 0 N–H and O–H groups in total. The maximum atomic E-state index is 12.9. The van der Waals surface area contributed by atoms with Gasteiger partial charge in [-0.05, 0) is 57.7 Å². The molecule has 2 aliphatic rings. The Balaban J connectivity index is 1.83. The number of rotatable bonds is 3. The van der Waals surface area contributed by atoms with Gasteiger partial charge in [0, 0.05) is 31.6 Å². The van der Waals surface area contributed by atoms with E-state index in [1.165, 1.54) is 25.5 Å². The SMILES string of the molecule is CC(C)(C)OC(=O)N1CCN(c2cccc(S(C)(=O)=O)c2)CC1C1CCCCC1. The van der Waals surface area contributed by atoms with Crippen molar-refractivity contribution in [1.29, 1.82) is 0 Å². The summed E-state index contributed by atoms with van der Waals surface area (Å²) in [5.74, 6) is 0.456. The van der Waals surface area contributed by atoms with Crippen molar-refractivity contribution >= 4 is 21.6 Å². The number of sulfone groups is 1. The van der Waals surface area contributed by atoms with Gasteiger partial charge in [0.05, 0.1) is 10.9 Å². The fraction of sp³-hybridized carbons (Fsp3) is 0.682. The Morgan fingerprint density at radius 3 is 2.41 bits per heavy atom. The van der Waals surface area contributed by atoms with E-state index in [0.717, 1.165) is 18.5 Å². The number of carbonyl (C=O) groups excluding carboxylic acids is 1. The normalized spacial score (nSPS) is 21.9. The molecule has 0 radical (unpaired) electrons. The summed E-state index contributed by atoms with van der Waals surface area (Å²) in [5, 5.41) is 0. The highest BCUT2D eigenvalue weighted by Gasteiger charge is 2.38. The van der Waals surface area contributed by atoms with E-state index >= 15 is 0 Å². The molecule has 1 saturated heterocycles. The Hall–Kier alpha value is -1.76. The fourth-order valence-corrected chi connectivity index (χ4v) is 5.09. The molecule has 1 unspecified atom stereocenters. The van der Waals surface area contributed by atoms with E-state index in [2.05, 4.69) is 4.90 Å². The maximum Gasteiger partial charge on any atom is 0.410 e. The predicted molar refractivity (Wildman–Crippen MR) is 115 cm³/mol. The number of benzene rings is 1. The summed E-state index contributed by atoms with van der Waals surface area (Å²) in [6.07, 6.45) is 6.91. The minimum absolute atomic E-state index is 0.0841. The predicted octanol–water partition coefficient (Wildman–Crippen LogP) is 4.10. The Kier molecular flexibility index (Phi) is 6.46. The lowest BCUT2D eigenvalue weighted by Crippen LogP contribution is -2.59. The summed E-state index contributed by atoms with van der Waals surface area (Å²) in [6.45, 7) is 7.64. The first kappa shape index (κ1) is 21.9. The van der Waals surface area contributed by atoms with Gasteiger partial charge in [0.25, 0.3) is 0 Å². The third kappa shape index (κ3) is 5.65. The molecule has 1 aromatic rings. The largest absolute Gasteiger partial charge is 0.444 e. The van der Waals surface area contributed by atoms with Crippen LogP contribution >= 0.6 is 0 Å². The summed E-state index contributed by atoms with van der Waals surface area (Å²) in [7, 11) is -3.25. The van der Waals surface area contributed by atoms with E-state index in [1.807, 2.05) is 31.7 Å². The van der Waals surface area contributed by atoms with Gasteiger partial charge in [0.15, 0.2) is 9.84 Å². The van der Waals surface area contributed by atoms with E-state index in [4.69, 9.17) is 4.74 Å². The first-order valence-electron chi connectivity index (χ1n) is 10.6. The third-order valence-electron chi connectivity index (χ3n) is 5.85. The van der Waals surface area contributed by atoms with Crippen molar-refractivity contribution in [3.05, 3.63) is 24.3 Å². The van der Waals surface area contributed by atoms with Gasteiger partial charge in [-0.25, -0.2) is 13.2 Å². The highest BCUT2D eigenvalue weighted by Crippen LogP contribution is 2.33. The lowest BCUT2D eigenvalue weighted by Gasteiger charge is -2.46. The zero-order chi connectivity index (χ0) is 21.2. The summed E-state index contributed by atoms with van der Waals surface area (Å²) in [5.41, 5.74) is 0.382. The van der Waals surface area contributed by atoms with E-state index in [9.17, 15) is 13.2 Å². The third-order valence-corrected chi connectivity index (χ3v) is 6.96. The molecule has 1 aromatic carbocycles. The molecule has 0 bridgehead atoms. The van der Waals surface area contributed by atoms with Gasteiger partial charge in [-0.1, -0.05) is 25.3 Å². The number of hydrogen-bond acceptors (Lipinski definition) is 5. The van der Waals surface area contributed by atoms with Crippen molar-refractivity contribution in [2.45, 2.75) is 69.4 Å². The standard InChI is InChI=1S/C22H34N2O4S/c1-22(2,3)28-21(25)24-14-13-23(16-20(24)17-9-6-5-7-10-17)18-11-8-12-19(15-18)29(4,26)27/h8,11-12,15,17,20H,5-7,9-10,13-14,16H2,1-4H3. The summed E-state index contributed by atoms with van der Waals surface area (Å²) >= 11 is 0. The molecule has 1 amide bonds. The molecule has 1 heterocycles. The first-order valence-corrected chi connectivity index (χ1v) is 12.5. The highest BCUT2D eigenvalue weighted by atomic mass is 32.2. The highest BCUT2D eigenvalue weighted by molar-refractivity contribution is 7.90. The van der Waals surface area contributed by atoms with Crippen molar-refractivity contribution in [2.24, 2.45) is 5.92 Å². The van der Waals surface area contributed by atoms with Gasteiger partial charge in [-0.3, -0.25) is 0 Å². The molecule has 1 atom stereocenters. The van der Waals surface area contributed by atoms with E-state index in [1.54, 1.807) is 18.2 Å². The first-order chi connectivity index (χ1) is 13.5. The number of ether oxygens (including phenoxy) is 1. The number of anilines is 1. The van der Waals surface area contributed by atoms with Gasteiger partial charge < -0.3 is 14.5 Å². The Morgan fingerprint density at radius 1 is 1.10 bits per heavy atom. The van der Waals surface area contributed by atoms with Crippen LogP contribution in [0.5, 0.6) is 0 Å². The lowest BCUT2D eigenvalue weighted by molar-refractivity contribution is 0.00417. The van der Waals surface area contributed by atoms with Crippen LogP contribution in [0, 0.1) is 5.92 Å². The number of amides is 1. The number of nitrogens with zero attached hydrogens (tertiary/aromatic N) is 2. The number of piperazine rings is 1. The second kappa shape index (κ2) is 8.54. The topological polar surface area (TPSA) is 66.9 Å². The molecule has 29 heavy (non-hydrogen) atoms. The van der Waals surface area contributed by atoms with Crippen LogP contribution in [0.3, 0.4) is 0 Å². The van der Waals surface area contributed by atoms with Crippen LogP contribution in [0.2, 0.25) is 0 Å². The Labute approximate surface area is 175 Å². The summed E-state index contributed by atoms with van der Waals surface area (Å²) in [6, 6.07) is 7.21. The quantitative estimate of drug-likeness (QED) is 0.734. The monoisotopic (exact) mass is 422 g/mol. The molecular weight excluding hydrogens is 388 g/mol. The molecule has 1 aliphatic heterocycles. The van der Waals surface area contributed by atoms with E-state index in [-0.39, 0.29) is 12.1 Å². The Bertz CT molecular complexity index is 825. The van der Waals surface area contributed by atoms with Crippen molar-refractivity contribution in [3.63, 3.8) is 0 Å². The maximum absolute atomic E-state index is 12.9. The van der Waals surface area contributed by atoms with Gasteiger partial charge in [-0.2, -0.15) is 0 Å². The molecule has 1 saturated carbocycles. The molecule has 6 nitrogen and oxygen atoms in total. The smallest absolute Gasteiger partial charge is 0.410 e. The molecule has 0 aromatic heterocycles. The van der Waals surface area contributed by atoms with Crippen molar-refractivity contribution in [3.8, 4) is 0 Å². The van der Waals surface area contributed by atoms with Crippen LogP contribution in [0.15, 0.2) is 29.2 Å². The molecule has 162 valence electrons. The second-order valence-corrected chi connectivity index (χ2v) is 11.4. The lowest BCUT2D eigenvalue weighted by atomic mass is 9.82. The number of carbonyl (C=O) groups is 1. The molecule has 3 rings (SSSR count). The summed E-state index contributed by atoms with van der Waals surface area (Å²) in [4.78, 5) is 17.4. The van der Waals surface area contributed by atoms with E-state index < -0.39 is 15.4 Å². The van der Waals surface area contributed by atoms with Gasteiger partial charge >= 0.3 is 6.09 Å². The number of hydrogen-bond donors (Lipinski definition) is 0. The minimum Gasteiger partial charge on any atom is -0.444 e. The van der Waals surface area contributed by atoms with Crippen LogP contribution < -0.4 is 4.90 Å². The molecule has 2 fully saturated rings. The van der Waals surface area contributed by atoms with Crippen LogP contribution in [0.4, 0.5) is 10.5 Å². The van der Waals surface area contributed by atoms with Crippen LogP contribution in [-0.2, 0) is 14.6 Å². The Morgan fingerprint density at radius 2 is 1.79 bits per heavy atom. The van der Waals surface area contributed by atoms with Crippen LogP contribution in [0.1, 0.15) is 52.9 Å². The van der Waals surface area contributed by atoms with Crippen molar-refractivity contribution in [1.82, 2.24) is 4.90 Å². The average molecular weight is 423 g/mol. The van der Waals surface area contributed by atoms with Crippen LogP contribution in [0.25, 0.3) is 0 Å². The van der Waals surface area contributed by atoms with Gasteiger partial charge in [0.2, 0.25) is 0 Å². The zero-order valence-electron chi connectivity index (χ0n) is 18.1. The molecule has 0 spiro atoms. The van der Waals surface area contributed by atoms with Gasteiger partial charge in [0.1, 0.15) is 5.60 Å². The average Bonchev–Trinajstić information content (AvgIpc) is 2.66. The van der Waals surface area contributed by atoms with Gasteiger partial charge in [-0.15, -0.1) is 0 Å². The van der Waals surface area contributed by atoms with Crippen molar-refractivity contribution < 1.29 is 17.9 Å². The van der Waals surface area contributed by atoms with Crippen LogP contribution in [-0.4, -0.2) is 56.9 Å². The molecule has 7 heteroatoms. The van der Waals surface area contributed by atoms with Crippen molar-refractivity contribution in [2.75, 3.05) is 30.8 Å². The fourth-order valence-electron chi connectivity index (χ4n) is 4.43. The summed E-state index contributed by atoms with van der Waals surface area (Å²) < 4.78 is 29.6. The second-order valence-electron chi connectivity index (χ2n) is 9.35. The van der Waals surface area contributed by atoms with E-state index in [0.29, 0.717) is 30.4 Å². The molecule has 1 aliphatic carbocycles. The minimum atomic E-state index is -3.25. The zero-order valence-corrected chi connectivity index (χ0v) is 18.9. The molecular formula is C22H34N2O4S.